The second-order valence-electron chi connectivity index (χ2n) is 9.67. The van der Waals surface area contributed by atoms with Crippen molar-refractivity contribution >= 4 is 40.3 Å². The van der Waals surface area contributed by atoms with E-state index >= 15 is 0 Å². The fraction of sp³-hybridized carbons (Fsp3) is 0.462. The van der Waals surface area contributed by atoms with Gasteiger partial charge in [0.2, 0.25) is 0 Å². The van der Waals surface area contributed by atoms with Gasteiger partial charge < -0.3 is 10.2 Å². The summed E-state index contributed by atoms with van der Waals surface area (Å²) in [5.41, 5.74) is 2.61. The first-order chi connectivity index (χ1) is 16.5. The molecule has 1 saturated heterocycles. The molecule has 3 aromatic rings. The average molecular weight is 500 g/mol. The van der Waals surface area contributed by atoms with Crippen LogP contribution in [0.3, 0.4) is 0 Å². The van der Waals surface area contributed by atoms with Crippen LogP contribution in [-0.4, -0.2) is 59.7 Å². The third-order valence-electron chi connectivity index (χ3n) is 7.41. The van der Waals surface area contributed by atoms with E-state index in [0.717, 1.165) is 56.8 Å². The highest BCUT2D eigenvalue weighted by atomic mass is 35.5. The van der Waals surface area contributed by atoms with E-state index < -0.39 is 0 Å². The molecular weight excluding hydrogens is 469 g/mol. The molecule has 0 spiro atoms. The summed E-state index contributed by atoms with van der Waals surface area (Å²) in [5, 5.41) is 8.82. The van der Waals surface area contributed by atoms with E-state index in [4.69, 9.17) is 23.2 Å². The Hall–Kier alpha value is -2.28. The zero-order valence-corrected chi connectivity index (χ0v) is 20.9. The minimum Gasteiger partial charge on any atom is -0.368 e. The molecule has 1 aliphatic carbocycles. The van der Waals surface area contributed by atoms with Crippen molar-refractivity contribution in [1.82, 2.24) is 19.8 Å². The lowest BCUT2D eigenvalue weighted by atomic mass is 9.73. The summed E-state index contributed by atoms with van der Waals surface area (Å²) in [5.74, 6) is -0.0356. The summed E-state index contributed by atoms with van der Waals surface area (Å²) in [7, 11) is 0. The molecule has 1 aromatic carbocycles. The average Bonchev–Trinajstić information content (AvgIpc) is 3.30. The van der Waals surface area contributed by atoms with Gasteiger partial charge in [-0.2, -0.15) is 5.10 Å². The van der Waals surface area contributed by atoms with Gasteiger partial charge in [0.05, 0.1) is 33.0 Å². The molecule has 0 unspecified atom stereocenters. The lowest BCUT2D eigenvalue weighted by Gasteiger charge is -2.44. The minimum atomic E-state index is -0.0356. The second-order valence-corrected chi connectivity index (χ2v) is 10.5. The maximum atomic E-state index is 13.0. The van der Waals surface area contributed by atoms with Crippen LogP contribution in [0.2, 0.25) is 10.0 Å². The van der Waals surface area contributed by atoms with Crippen LogP contribution in [0.4, 0.5) is 5.69 Å². The number of pyridine rings is 1. The number of nitrogens with one attached hydrogen (secondary N) is 1. The molecule has 1 amide bonds. The van der Waals surface area contributed by atoms with Crippen LogP contribution in [0, 0.1) is 5.41 Å². The molecular formula is C26H31Cl2N5O. The van der Waals surface area contributed by atoms with E-state index in [1.165, 1.54) is 19.3 Å². The molecule has 34 heavy (non-hydrogen) atoms. The molecule has 2 aliphatic rings. The molecule has 1 N–H and O–H groups in total. The van der Waals surface area contributed by atoms with Gasteiger partial charge in [-0.1, -0.05) is 54.6 Å². The van der Waals surface area contributed by atoms with Crippen molar-refractivity contribution < 1.29 is 4.79 Å². The van der Waals surface area contributed by atoms with Crippen molar-refractivity contribution in [1.29, 1.82) is 0 Å². The monoisotopic (exact) mass is 499 g/mol. The molecule has 1 saturated carbocycles. The fourth-order valence-electron chi connectivity index (χ4n) is 5.52. The first-order valence-corrected chi connectivity index (χ1v) is 12.9. The van der Waals surface area contributed by atoms with Crippen LogP contribution in [0.25, 0.3) is 5.52 Å². The van der Waals surface area contributed by atoms with Crippen LogP contribution in [-0.2, 0) is 0 Å². The lowest BCUT2D eigenvalue weighted by Crippen LogP contribution is -2.52. The van der Waals surface area contributed by atoms with Gasteiger partial charge in [-0.15, -0.1) is 0 Å². The number of rotatable bonds is 6. The number of amides is 1. The standard InChI is InChI=1S/C26H31Cl2N5O/c27-21-7-6-9-23(24(21)28)32-15-13-31(14-16-32)19-26(10-3-1-4-11-26)18-29-25(34)20-17-30-33-12-5-2-8-22(20)33/h2,5-9,12,17H,1,3-4,10-11,13-16,18-19H2,(H,29,34). The van der Waals surface area contributed by atoms with Crippen molar-refractivity contribution in [3.63, 3.8) is 0 Å². The Kier molecular flexibility index (Phi) is 7.00. The zero-order valence-electron chi connectivity index (χ0n) is 19.4. The van der Waals surface area contributed by atoms with Gasteiger partial charge in [-0.25, -0.2) is 4.52 Å². The highest BCUT2D eigenvalue weighted by Gasteiger charge is 2.35. The second kappa shape index (κ2) is 10.1. The summed E-state index contributed by atoms with van der Waals surface area (Å²) in [6.45, 7) is 5.52. The Balaban J connectivity index is 1.22. The Bertz CT molecular complexity index is 1150. The van der Waals surface area contributed by atoms with Crippen molar-refractivity contribution in [2.24, 2.45) is 5.41 Å². The number of piperazine rings is 1. The molecule has 2 aromatic heterocycles. The smallest absolute Gasteiger partial charge is 0.255 e. The molecule has 3 heterocycles. The van der Waals surface area contributed by atoms with Crippen molar-refractivity contribution in [3.8, 4) is 0 Å². The highest BCUT2D eigenvalue weighted by molar-refractivity contribution is 6.43. The highest BCUT2D eigenvalue weighted by Crippen LogP contribution is 2.38. The van der Waals surface area contributed by atoms with Gasteiger partial charge in [-0.3, -0.25) is 9.69 Å². The maximum Gasteiger partial charge on any atom is 0.255 e. The number of halogens is 2. The summed E-state index contributed by atoms with van der Waals surface area (Å²) in [4.78, 5) is 17.9. The van der Waals surface area contributed by atoms with Crippen molar-refractivity contribution in [3.05, 3.63) is 64.4 Å². The number of fused-ring (bicyclic) bond motifs is 1. The third kappa shape index (κ3) is 4.90. The van der Waals surface area contributed by atoms with Gasteiger partial charge in [0.15, 0.2) is 0 Å². The molecule has 2 fully saturated rings. The Morgan fingerprint density at radius 3 is 2.59 bits per heavy atom. The predicted octanol–water partition coefficient (Wildman–Crippen LogP) is 5.14. The van der Waals surface area contributed by atoms with Crippen LogP contribution < -0.4 is 10.2 Å². The molecule has 1 aliphatic heterocycles. The maximum absolute atomic E-state index is 13.0. The summed E-state index contributed by atoms with van der Waals surface area (Å²) >= 11 is 12.7. The third-order valence-corrected chi connectivity index (χ3v) is 8.22. The number of carbonyl (C=O) groups is 1. The Morgan fingerprint density at radius 1 is 1.00 bits per heavy atom. The number of hydrogen-bond acceptors (Lipinski definition) is 4. The van der Waals surface area contributed by atoms with Crippen LogP contribution in [0.15, 0.2) is 48.8 Å². The molecule has 0 bridgehead atoms. The Labute approximate surface area is 210 Å². The van der Waals surface area contributed by atoms with Crippen molar-refractivity contribution in [2.75, 3.05) is 44.2 Å². The van der Waals surface area contributed by atoms with E-state index in [0.29, 0.717) is 22.2 Å². The minimum absolute atomic E-state index is 0.0356. The molecule has 180 valence electrons. The number of anilines is 1. The van der Waals surface area contributed by atoms with E-state index in [9.17, 15) is 4.79 Å². The van der Waals surface area contributed by atoms with Gasteiger partial charge >= 0.3 is 0 Å². The molecule has 0 atom stereocenters. The van der Waals surface area contributed by atoms with Gasteiger partial charge in [0, 0.05) is 50.9 Å². The summed E-state index contributed by atoms with van der Waals surface area (Å²) < 4.78 is 1.75. The quantitative estimate of drug-likeness (QED) is 0.509. The van der Waals surface area contributed by atoms with Crippen LogP contribution >= 0.6 is 23.2 Å². The van der Waals surface area contributed by atoms with E-state index in [1.54, 1.807) is 10.7 Å². The van der Waals surface area contributed by atoms with Gasteiger partial charge in [0.1, 0.15) is 0 Å². The first kappa shape index (κ1) is 23.5. The molecule has 5 rings (SSSR count). The van der Waals surface area contributed by atoms with Crippen LogP contribution in [0.5, 0.6) is 0 Å². The molecule has 0 radical (unpaired) electrons. The normalized spacial score (nSPS) is 18.8. The van der Waals surface area contributed by atoms with Crippen LogP contribution in [0.1, 0.15) is 42.5 Å². The zero-order chi connectivity index (χ0) is 23.5. The van der Waals surface area contributed by atoms with E-state index in [2.05, 4.69) is 20.2 Å². The number of aromatic nitrogens is 2. The number of hydrogen-bond donors (Lipinski definition) is 1. The topological polar surface area (TPSA) is 52.9 Å². The van der Waals surface area contributed by atoms with Gasteiger partial charge in [-0.05, 0) is 37.1 Å². The summed E-state index contributed by atoms with van der Waals surface area (Å²) in [6, 6.07) is 11.6. The fourth-order valence-corrected chi connectivity index (χ4v) is 5.94. The number of benzene rings is 1. The van der Waals surface area contributed by atoms with Crippen molar-refractivity contribution in [2.45, 2.75) is 32.1 Å². The molecule has 6 nitrogen and oxygen atoms in total. The first-order valence-electron chi connectivity index (χ1n) is 12.2. The predicted molar refractivity (Wildman–Crippen MR) is 138 cm³/mol. The number of nitrogens with zero attached hydrogens (tertiary/aromatic N) is 4. The SMILES string of the molecule is O=C(NCC1(CN2CCN(c3cccc(Cl)c3Cl)CC2)CCCCC1)c1cnn2ccccc12. The number of carbonyl (C=O) groups excluding carboxylic acids is 1. The lowest BCUT2D eigenvalue weighted by molar-refractivity contribution is 0.0806. The van der Waals surface area contributed by atoms with E-state index in [-0.39, 0.29) is 11.3 Å². The molecule has 8 heteroatoms. The van der Waals surface area contributed by atoms with E-state index in [1.807, 2.05) is 42.6 Å². The Morgan fingerprint density at radius 2 is 1.79 bits per heavy atom. The van der Waals surface area contributed by atoms with Gasteiger partial charge in [0.25, 0.3) is 5.91 Å². The summed E-state index contributed by atoms with van der Waals surface area (Å²) in [6.07, 6.45) is 9.58. The largest absolute Gasteiger partial charge is 0.368 e.